The molecule has 7 nitrogen and oxygen atoms in total. The van der Waals surface area contributed by atoms with Crippen LogP contribution in [0.2, 0.25) is 0 Å². The molecular formula is C13H17N3O4S2. The Labute approximate surface area is 130 Å². The van der Waals surface area contributed by atoms with E-state index in [-0.39, 0.29) is 4.90 Å². The van der Waals surface area contributed by atoms with Crippen LogP contribution in [0.4, 0.5) is 5.69 Å². The number of nitrogens with zero attached hydrogens (tertiary/aromatic N) is 2. The first-order valence-corrected chi connectivity index (χ1v) is 9.55. The summed E-state index contributed by atoms with van der Waals surface area (Å²) in [6.07, 6.45) is 1.08. The molecule has 0 heterocycles. The van der Waals surface area contributed by atoms with Crippen molar-refractivity contribution in [1.82, 2.24) is 0 Å². The van der Waals surface area contributed by atoms with E-state index in [1.807, 2.05) is 0 Å². The zero-order valence-electron chi connectivity index (χ0n) is 12.7. The molecule has 0 aliphatic heterocycles. The molecule has 1 aromatic carbocycles. The molecular weight excluding hydrogens is 326 g/mol. The zero-order chi connectivity index (χ0) is 17.2. The fourth-order valence-corrected chi connectivity index (χ4v) is 2.82. The summed E-state index contributed by atoms with van der Waals surface area (Å²) >= 11 is 0. The van der Waals surface area contributed by atoms with E-state index >= 15 is 0 Å². The summed E-state index contributed by atoms with van der Waals surface area (Å²) in [5.41, 5.74) is 2.81. The number of rotatable bonds is 3. The maximum atomic E-state index is 12.1. The van der Waals surface area contributed by atoms with Crippen LogP contribution in [0.15, 0.2) is 34.3 Å². The molecule has 0 saturated heterocycles. The van der Waals surface area contributed by atoms with Crippen molar-refractivity contribution in [1.29, 1.82) is 5.26 Å². The topological polar surface area (TPSA) is 116 Å². The van der Waals surface area contributed by atoms with Crippen LogP contribution >= 0.6 is 0 Å². The highest BCUT2D eigenvalue weighted by atomic mass is 32.2. The van der Waals surface area contributed by atoms with Gasteiger partial charge in [-0.2, -0.15) is 10.4 Å². The van der Waals surface area contributed by atoms with Crippen molar-refractivity contribution in [2.45, 2.75) is 30.4 Å². The molecule has 0 fully saturated rings. The molecule has 0 aromatic heterocycles. The van der Waals surface area contributed by atoms with E-state index in [0.717, 1.165) is 6.26 Å². The number of sulfone groups is 2. The van der Waals surface area contributed by atoms with Crippen molar-refractivity contribution in [2.75, 3.05) is 11.7 Å². The van der Waals surface area contributed by atoms with Gasteiger partial charge in [-0.1, -0.05) is 0 Å². The Morgan fingerprint density at radius 2 is 1.64 bits per heavy atom. The molecule has 0 unspecified atom stereocenters. The van der Waals surface area contributed by atoms with Gasteiger partial charge >= 0.3 is 0 Å². The van der Waals surface area contributed by atoms with Crippen LogP contribution in [-0.4, -0.2) is 32.9 Å². The van der Waals surface area contributed by atoms with E-state index in [2.05, 4.69) is 10.5 Å². The second-order valence-electron chi connectivity index (χ2n) is 5.55. The van der Waals surface area contributed by atoms with E-state index in [4.69, 9.17) is 5.26 Å². The summed E-state index contributed by atoms with van der Waals surface area (Å²) in [7, 11) is -7.17. The molecule has 9 heteroatoms. The third kappa shape index (κ3) is 4.05. The van der Waals surface area contributed by atoms with Crippen molar-refractivity contribution in [2.24, 2.45) is 5.10 Å². The molecule has 0 atom stereocenters. The summed E-state index contributed by atoms with van der Waals surface area (Å²) in [5.74, 6) is 0. The molecule has 1 aromatic rings. The molecule has 0 amide bonds. The van der Waals surface area contributed by atoms with Crippen molar-refractivity contribution < 1.29 is 16.8 Å². The molecule has 0 saturated carbocycles. The number of nitrogens with one attached hydrogen (secondary N) is 1. The van der Waals surface area contributed by atoms with Gasteiger partial charge in [0, 0.05) is 6.26 Å². The molecule has 120 valence electrons. The fourth-order valence-electron chi connectivity index (χ4n) is 1.33. The van der Waals surface area contributed by atoms with Gasteiger partial charge in [-0.25, -0.2) is 16.8 Å². The van der Waals surface area contributed by atoms with Gasteiger partial charge in [0.25, 0.3) is 5.04 Å². The van der Waals surface area contributed by atoms with E-state index in [1.54, 1.807) is 6.07 Å². The molecule has 0 radical (unpaired) electrons. The first-order chi connectivity index (χ1) is 9.89. The summed E-state index contributed by atoms with van der Waals surface area (Å²) < 4.78 is 45.7. The Balaban J connectivity index is 3.08. The highest BCUT2D eigenvalue weighted by Crippen LogP contribution is 2.18. The SMILES string of the molecule is CC(C)(C)S(=O)(=O)/C(C#N)=N\Nc1ccc(S(C)(=O)=O)cc1. The largest absolute Gasteiger partial charge is 0.277 e. The van der Waals surface area contributed by atoms with Crippen molar-refractivity contribution in [3.8, 4) is 6.07 Å². The minimum atomic E-state index is -3.86. The number of anilines is 1. The summed E-state index contributed by atoms with van der Waals surface area (Å²) in [4.78, 5) is 0.129. The molecule has 0 bridgehead atoms. The van der Waals surface area contributed by atoms with Crippen molar-refractivity contribution in [3.05, 3.63) is 24.3 Å². The standard InChI is InChI=1S/C13H17N3O4S2/c1-13(2,3)22(19,20)12(9-14)16-15-10-5-7-11(8-6-10)21(4,17)18/h5-8,15H,1-4H3/b16-12-. The third-order valence-electron chi connectivity index (χ3n) is 2.73. The quantitative estimate of drug-likeness (QED) is 0.505. The second-order valence-corrected chi connectivity index (χ2v) is 10.2. The predicted molar refractivity (Wildman–Crippen MR) is 84.9 cm³/mol. The van der Waals surface area contributed by atoms with Gasteiger partial charge in [-0.05, 0) is 45.0 Å². The van der Waals surface area contributed by atoms with Gasteiger partial charge in [0.1, 0.15) is 6.07 Å². The van der Waals surface area contributed by atoms with Gasteiger partial charge in [0.2, 0.25) is 9.84 Å². The van der Waals surface area contributed by atoms with Crippen LogP contribution < -0.4 is 5.43 Å². The van der Waals surface area contributed by atoms with Crippen LogP contribution in [0.3, 0.4) is 0 Å². The lowest BCUT2D eigenvalue weighted by Crippen LogP contribution is -2.34. The summed E-state index contributed by atoms with van der Waals surface area (Å²) in [6.45, 7) is 4.41. The first kappa shape index (κ1) is 18.1. The second kappa shape index (κ2) is 6.06. The zero-order valence-corrected chi connectivity index (χ0v) is 14.3. The summed E-state index contributed by atoms with van der Waals surface area (Å²) in [5, 5.41) is 12.0. The lowest BCUT2D eigenvalue weighted by Gasteiger charge is -2.17. The Morgan fingerprint density at radius 3 is 2.00 bits per heavy atom. The Bertz CT molecular complexity index is 825. The van der Waals surface area contributed by atoms with Gasteiger partial charge in [-0.15, -0.1) is 0 Å². The third-order valence-corrected chi connectivity index (χ3v) is 6.16. The number of hydrogen-bond acceptors (Lipinski definition) is 7. The molecule has 0 aliphatic carbocycles. The minimum Gasteiger partial charge on any atom is -0.277 e. The monoisotopic (exact) mass is 343 g/mol. The highest BCUT2D eigenvalue weighted by Gasteiger charge is 2.34. The molecule has 0 spiro atoms. The fraction of sp³-hybridized carbons (Fsp3) is 0.385. The normalized spacial score (nSPS) is 13.5. The Kier molecular flexibility index (Phi) is 4.99. The van der Waals surface area contributed by atoms with Gasteiger partial charge < -0.3 is 0 Å². The molecule has 22 heavy (non-hydrogen) atoms. The van der Waals surface area contributed by atoms with Crippen LogP contribution in [0.5, 0.6) is 0 Å². The van der Waals surface area contributed by atoms with E-state index < -0.39 is 29.5 Å². The van der Waals surface area contributed by atoms with E-state index in [9.17, 15) is 16.8 Å². The van der Waals surface area contributed by atoms with Gasteiger partial charge in [0.05, 0.1) is 15.3 Å². The maximum absolute atomic E-state index is 12.1. The number of hydrogen-bond donors (Lipinski definition) is 1. The molecule has 1 N–H and O–H groups in total. The smallest absolute Gasteiger partial charge is 0.252 e. The van der Waals surface area contributed by atoms with Crippen LogP contribution in [0.25, 0.3) is 0 Å². The average molecular weight is 343 g/mol. The lowest BCUT2D eigenvalue weighted by atomic mass is 10.3. The first-order valence-electron chi connectivity index (χ1n) is 6.18. The van der Waals surface area contributed by atoms with Gasteiger partial charge in [-0.3, -0.25) is 5.43 Å². The maximum Gasteiger partial charge on any atom is 0.252 e. The van der Waals surface area contributed by atoms with E-state index in [1.165, 1.54) is 45.0 Å². The van der Waals surface area contributed by atoms with Crippen LogP contribution in [0.1, 0.15) is 20.8 Å². The van der Waals surface area contributed by atoms with Crippen molar-refractivity contribution >= 4 is 30.4 Å². The average Bonchev–Trinajstić information content (AvgIpc) is 2.37. The molecule has 1 rings (SSSR count). The lowest BCUT2D eigenvalue weighted by molar-refractivity contribution is 0.573. The number of benzene rings is 1. The van der Waals surface area contributed by atoms with Crippen LogP contribution in [-0.2, 0) is 19.7 Å². The summed E-state index contributed by atoms with van der Waals surface area (Å²) in [6, 6.07) is 7.13. The number of hydrazone groups is 1. The Morgan fingerprint density at radius 1 is 1.14 bits per heavy atom. The minimum absolute atomic E-state index is 0.129. The van der Waals surface area contributed by atoms with Crippen LogP contribution in [0, 0.1) is 11.3 Å². The van der Waals surface area contributed by atoms with Crippen molar-refractivity contribution in [3.63, 3.8) is 0 Å². The molecule has 0 aliphatic rings. The highest BCUT2D eigenvalue weighted by molar-refractivity contribution is 8.08. The van der Waals surface area contributed by atoms with E-state index in [0.29, 0.717) is 5.69 Å². The van der Waals surface area contributed by atoms with Gasteiger partial charge in [0.15, 0.2) is 9.84 Å². The predicted octanol–water partition coefficient (Wildman–Crippen LogP) is 1.55. The number of nitriles is 1. The Hall–Kier alpha value is -1.92.